The van der Waals surface area contributed by atoms with Crippen LogP contribution in [-0.2, 0) is 0 Å². The number of rotatable bonds is 3. The van der Waals surface area contributed by atoms with Crippen LogP contribution in [0.5, 0.6) is 5.75 Å². The fourth-order valence-electron chi connectivity index (χ4n) is 5.87. The lowest BCUT2D eigenvalue weighted by atomic mass is 9.91. The van der Waals surface area contributed by atoms with E-state index < -0.39 is 0 Å². The predicted octanol–water partition coefficient (Wildman–Crippen LogP) is 8.41. The number of hydrogen-bond donors (Lipinski definition) is 1. The third-order valence-corrected chi connectivity index (χ3v) is 8.61. The molecule has 1 aromatic heterocycles. The van der Waals surface area contributed by atoms with Crippen molar-refractivity contribution < 1.29 is 9.68 Å². The molecular formula is C32H19BO2S. The van der Waals surface area contributed by atoms with Crippen LogP contribution in [0.4, 0.5) is 0 Å². The molecule has 168 valence electrons. The minimum absolute atomic E-state index is 0.337. The maximum absolute atomic E-state index is 9.50. The van der Waals surface area contributed by atoms with Crippen LogP contribution in [-0.4, -0.2) is 12.7 Å². The fraction of sp³-hybridized carbons (Fsp3) is 0. The molecule has 36 heavy (non-hydrogen) atoms. The molecule has 0 aliphatic carbocycles. The van der Waals surface area contributed by atoms with Crippen molar-refractivity contribution in [3.05, 3.63) is 103 Å². The second-order valence-electron chi connectivity index (χ2n) is 9.39. The molecule has 2 nitrogen and oxygen atoms in total. The molecule has 0 radical (unpaired) electrons. The molecular weight excluding hydrogens is 459 g/mol. The highest BCUT2D eigenvalue weighted by Gasteiger charge is 2.16. The maximum Gasteiger partial charge on any atom is 0.504 e. The second-order valence-corrected chi connectivity index (χ2v) is 10.4. The molecule has 0 unspecified atom stereocenters. The first-order chi connectivity index (χ1) is 17.8. The van der Waals surface area contributed by atoms with Gasteiger partial charge < -0.3 is 9.68 Å². The predicted molar refractivity (Wildman–Crippen MR) is 156 cm³/mol. The van der Waals surface area contributed by atoms with Gasteiger partial charge in [-0.3, -0.25) is 0 Å². The molecule has 0 aliphatic rings. The number of benzene rings is 7. The lowest BCUT2D eigenvalue weighted by molar-refractivity contribution is 0.457. The normalized spacial score (nSPS) is 12.0. The quantitative estimate of drug-likeness (QED) is 0.204. The SMILES string of the molecule is OBOc1cc2ccccc2c2c1sc1cc(-c3cc4ccc5cccc6ccc(c3)c4c56)ccc12. The van der Waals surface area contributed by atoms with Crippen LogP contribution in [0, 0.1) is 0 Å². The van der Waals surface area contributed by atoms with E-state index in [9.17, 15) is 5.02 Å². The van der Waals surface area contributed by atoms with Gasteiger partial charge in [0.1, 0.15) is 5.75 Å². The summed E-state index contributed by atoms with van der Waals surface area (Å²) in [6, 6.07) is 37.3. The van der Waals surface area contributed by atoms with E-state index >= 15 is 0 Å². The summed E-state index contributed by atoms with van der Waals surface area (Å²) >= 11 is 1.73. The third-order valence-electron chi connectivity index (χ3n) is 7.45. The van der Waals surface area contributed by atoms with E-state index in [0.717, 1.165) is 15.8 Å². The van der Waals surface area contributed by atoms with E-state index in [1.165, 1.54) is 64.3 Å². The highest BCUT2D eigenvalue weighted by molar-refractivity contribution is 7.26. The monoisotopic (exact) mass is 478 g/mol. The van der Waals surface area contributed by atoms with Crippen LogP contribution >= 0.6 is 11.3 Å². The standard InChI is InChI=1S/C32H19BO2S/c34-33-35-27-16-21-4-1-2-7-25(21)31-26-13-12-20(17-28(26)36-32(27)31)24-14-22-10-8-18-5-3-6-19-9-11-23(15-24)30(22)29(18)19/h1-17,33-34H. The molecule has 1 heterocycles. The summed E-state index contributed by atoms with van der Waals surface area (Å²) in [7, 11) is -0.337. The Labute approximate surface area is 211 Å². The van der Waals surface area contributed by atoms with Crippen molar-refractivity contribution in [3.8, 4) is 16.9 Å². The topological polar surface area (TPSA) is 29.5 Å². The van der Waals surface area contributed by atoms with Gasteiger partial charge >= 0.3 is 7.69 Å². The zero-order chi connectivity index (χ0) is 23.8. The molecule has 0 fully saturated rings. The van der Waals surface area contributed by atoms with Crippen molar-refractivity contribution in [2.24, 2.45) is 0 Å². The van der Waals surface area contributed by atoms with Crippen LogP contribution in [0.3, 0.4) is 0 Å². The van der Waals surface area contributed by atoms with Gasteiger partial charge in [-0.25, -0.2) is 0 Å². The first-order valence-corrected chi connectivity index (χ1v) is 12.9. The Balaban J connectivity index is 1.38. The number of hydrogen-bond acceptors (Lipinski definition) is 3. The van der Waals surface area contributed by atoms with Gasteiger partial charge in [-0.15, -0.1) is 11.3 Å². The Kier molecular flexibility index (Phi) is 4.16. The third kappa shape index (κ3) is 2.77. The van der Waals surface area contributed by atoms with Crippen molar-refractivity contribution in [1.82, 2.24) is 0 Å². The Bertz CT molecular complexity index is 2060. The molecule has 0 amide bonds. The van der Waals surface area contributed by atoms with Gasteiger partial charge in [-0.2, -0.15) is 0 Å². The molecule has 0 spiro atoms. The minimum atomic E-state index is -0.337. The zero-order valence-corrected chi connectivity index (χ0v) is 20.1. The Morgan fingerprint density at radius 2 is 1.25 bits per heavy atom. The Hall–Kier alpha value is -4.12. The average Bonchev–Trinajstić information content (AvgIpc) is 3.31. The largest absolute Gasteiger partial charge is 0.538 e. The van der Waals surface area contributed by atoms with Crippen molar-refractivity contribution in [2.75, 3.05) is 0 Å². The molecule has 0 saturated heterocycles. The van der Waals surface area contributed by atoms with Gasteiger partial charge in [-0.1, -0.05) is 78.9 Å². The molecule has 7 aromatic carbocycles. The van der Waals surface area contributed by atoms with Crippen molar-refractivity contribution >= 4 is 82.3 Å². The summed E-state index contributed by atoms with van der Waals surface area (Å²) in [5.74, 6) is 0.733. The van der Waals surface area contributed by atoms with Crippen molar-refractivity contribution in [3.63, 3.8) is 0 Å². The van der Waals surface area contributed by atoms with Gasteiger partial charge in [0.25, 0.3) is 0 Å². The second kappa shape index (κ2) is 7.44. The molecule has 4 heteroatoms. The van der Waals surface area contributed by atoms with Crippen molar-refractivity contribution in [1.29, 1.82) is 0 Å². The first kappa shape index (κ1) is 20.1. The molecule has 8 rings (SSSR count). The summed E-state index contributed by atoms with van der Waals surface area (Å²) in [5, 5.41) is 22.1. The van der Waals surface area contributed by atoms with Crippen LogP contribution in [0.2, 0.25) is 0 Å². The molecule has 1 N–H and O–H groups in total. The van der Waals surface area contributed by atoms with Gasteiger partial charge in [0.05, 0.1) is 4.70 Å². The van der Waals surface area contributed by atoms with Crippen LogP contribution in [0.1, 0.15) is 0 Å². The van der Waals surface area contributed by atoms with E-state index in [0.29, 0.717) is 0 Å². The Morgan fingerprint density at radius 3 is 2.03 bits per heavy atom. The van der Waals surface area contributed by atoms with E-state index in [2.05, 4.69) is 91.0 Å². The zero-order valence-electron chi connectivity index (χ0n) is 19.3. The maximum atomic E-state index is 9.50. The lowest BCUT2D eigenvalue weighted by Crippen LogP contribution is -1.99. The minimum Gasteiger partial charge on any atom is -0.538 e. The van der Waals surface area contributed by atoms with Gasteiger partial charge in [-0.05, 0) is 78.5 Å². The highest BCUT2D eigenvalue weighted by Crippen LogP contribution is 2.45. The number of thiophene rings is 1. The molecule has 0 saturated carbocycles. The summed E-state index contributed by atoms with van der Waals surface area (Å²) in [5.41, 5.74) is 2.42. The average molecular weight is 478 g/mol. The summed E-state index contributed by atoms with van der Waals surface area (Å²) < 4.78 is 7.94. The Morgan fingerprint density at radius 1 is 0.556 bits per heavy atom. The van der Waals surface area contributed by atoms with E-state index in [-0.39, 0.29) is 7.69 Å². The molecule has 0 bridgehead atoms. The van der Waals surface area contributed by atoms with E-state index in [4.69, 9.17) is 4.65 Å². The van der Waals surface area contributed by atoms with Crippen LogP contribution in [0.15, 0.2) is 103 Å². The number of fused-ring (bicyclic) bond motifs is 5. The van der Waals surface area contributed by atoms with Gasteiger partial charge in [0.15, 0.2) is 0 Å². The smallest absolute Gasteiger partial charge is 0.504 e. The fourth-order valence-corrected chi connectivity index (χ4v) is 7.10. The van der Waals surface area contributed by atoms with Crippen LogP contribution in [0.25, 0.3) is 74.4 Å². The van der Waals surface area contributed by atoms with E-state index in [1.54, 1.807) is 11.3 Å². The first-order valence-electron chi connectivity index (χ1n) is 12.1. The van der Waals surface area contributed by atoms with Gasteiger partial charge in [0, 0.05) is 15.5 Å². The lowest BCUT2D eigenvalue weighted by Gasteiger charge is -2.13. The highest BCUT2D eigenvalue weighted by atomic mass is 32.1. The summed E-state index contributed by atoms with van der Waals surface area (Å²) in [6.45, 7) is 0. The summed E-state index contributed by atoms with van der Waals surface area (Å²) in [6.07, 6.45) is 0. The van der Waals surface area contributed by atoms with Crippen LogP contribution < -0.4 is 4.65 Å². The molecule has 8 aromatic rings. The van der Waals surface area contributed by atoms with E-state index in [1.807, 2.05) is 12.1 Å². The molecule has 0 aliphatic heterocycles. The molecule has 0 atom stereocenters. The van der Waals surface area contributed by atoms with Gasteiger partial charge in [0.2, 0.25) is 0 Å². The summed E-state index contributed by atoms with van der Waals surface area (Å²) in [4.78, 5) is 0. The van der Waals surface area contributed by atoms with Crippen molar-refractivity contribution in [2.45, 2.75) is 0 Å².